The highest BCUT2D eigenvalue weighted by atomic mass is 16.3. The lowest BCUT2D eigenvalue weighted by Crippen LogP contribution is -1.58. The zero-order chi connectivity index (χ0) is 5.82. The lowest BCUT2D eigenvalue weighted by Gasteiger charge is -1.75. The van der Waals surface area contributed by atoms with E-state index in [0.717, 1.165) is 5.76 Å². The number of allylic oxidation sites excluding steroid dienone is 1. The van der Waals surface area contributed by atoms with Gasteiger partial charge in [-0.05, 0) is 19.1 Å². The Morgan fingerprint density at radius 2 is 2.62 bits per heavy atom. The first-order valence-corrected chi connectivity index (χ1v) is 2.51. The minimum Gasteiger partial charge on any atom is -0.464 e. The van der Waals surface area contributed by atoms with Gasteiger partial charge in [-0.25, -0.2) is 0 Å². The van der Waals surface area contributed by atoms with Crippen molar-refractivity contribution < 1.29 is 4.42 Å². The molecule has 0 atom stereocenters. The molecule has 8 heavy (non-hydrogen) atoms. The maximum atomic E-state index is 4.93. The monoisotopic (exact) mass is 107 g/mol. The molecule has 0 spiro atoms. The van der Waals surface area contributed by atoms with Crippen LogP contribution >= 0.6 is 0 Å². The summed E-state index contributed by atoms with van der Waals surface area (Å²) in [5.74, 6) is 0.785. The predicted octanol–water partition coefficient (Wildman–Crippen LogP) is 2.01. The maximum Gasteiger partial charge on any atom is 0.134 e. The summed E-state index contributed by atoms with van der Waals surface area (Å²) in [6.45, 7) is 1.91. The normalized spacial score (nSPS) is 10.6. The van der Waals surface area contributed by atoms with Gasteiger partial charge in [0.05, 0.1) is 6.26 Å². The van der Waals surface area contributed by atoms with Gasteiger partial charge in [0.15, 0.2) is 0 Å². The lowest BCUT2D eigenvalue weighted by molar-refractivity contribution is 0.546. The Balaban J connectivity index is 2.77. The van der Waals surface area contributed by atoms with Gasteiger partial charge in [-0.15, -0.1) is 0 Å². The largest absolute Gasteiger partial charge is 0.464 e. The zero-order valence-electron chi connectivity index (χ0n) is 4.72. The van der Waals surface area contributed by atoms with Crippen LogP contribution < -0.4 is 0 Å². The molecule has 1 radical (unpaired) electrons. The van der Waals surface area contributed by atoms with Crippen molar-refractivity contribution in [1.29, 1.82) is 0 Å². The molecule has 0 saturated carbocycles. The van der Waals surface area contributed by atoms with Gasteiger partial charge >= 0.3 is 0 Å². The first kappa shape index (κ1) is 5.16. The second-order valence-corrected chi connectivity index (χ2v) is 1.41. The van der Waals surface area contributed by atoms with Crippen molar-refractivity contribution in [3.05, 3.63) is 36.3 Å². The fourth-order valence-electron chi connectivity index (χ4n) is 0.503. The van der Waals surface area contributed by atoms with Gasteiger partial charge in [0.1, 0.15) is 5.76 Å². The first-order valence-electron chi connectivity index (χ1n) is 2.51. The summed E-state index contributed by atoms with van der Waals surface area (Å²) in [7, 11) is 0. The highest BCUT2D eigenvalue weighted by Gasteiger charge is 1.82. The highest BCUT2D eigenvalue weighted by Crippen LogP contribution is 1.97. The average molecular weight is 107 g/mol. The molecule has 1 heteroatoms. The third kappa shape index (κ3) is 0.997. The van der Waals surface area contributed by atoms with Gasteiger partial charge in [0.25, 0.3) is 0 Å². The molecule has 0 aromatic carbocycles. The van der Waals surface area contributed by atoms with E-state index in [1.54, 1.807) is 6.26 Å². The van der Waals surface area contributed by atoms with E-state index >= 15 is 0 Å². The molecule has 0 aliphatic rings. The van der Waals surface area contributed by atoms with E-state index in [4.69, 9.17) is 4.42 Å². The topological polar surface area (TPSA) is 13.1 Å². The molecular weight excluding hydrogens is 100 g/mol. The molecule has 0 amide bonds. The Kier molecular flexibility index (Phi) is 1.52. The van der Waals surface area contributed by atoms with E-state index in [-0.39, 0.29) is 0 Å². The molecule has 1 heterocycles. The van der Waals surface area contributed by atoms with E-state index in [2.05, 4.69) is 6.08 Å². The minimum absolute atomic E-state index is 0.785. The molecule has 0 N–H and O–H groups in total. The van der Waals surface area contributed by atoms with E-state index in [1.807, 2.05) is 25.1 Å². The summed E-state index contributed by atoms with van der Waals surface area (Å²) >= 11 is 0. The second kappa shape index (κ2) is 2.36. The SMILES string of the molecule is C/C=[C]/c1ccco1. The van der Waals surface area contributed by atoms with Crippen LogP contribution in [0.2, 0.25) is 0 Å². The molecule has 0 saturated heterocycles. The summed E-state index contributed by atoms with van der Waals surface area (Å²) in [5, 5.41) is 0. The van der Waals surface area contributed by atoms with Crippen molar-refractivity contribution in [2.75, 3.05) is 0 Å². The second-order valence-electron chi connectivity index (χ2n) is 1.41. The van der Waals surface area contributed by atoms with Crippen molar-refractivity contribution in [2.45, 2.75) is 6.92 Å². The van der Waals surface area contributed by atoms with Crippen molar-refractivity contribution in [1.82, 2.24) is 0 Å². The van der Waals surface area contributed by atoms with E-state index in [0.29, 0.717) is 0 Å². The van der Waals surface area contributed by atoms with Crippen molar-refractivity contribution >= 4 is 0 Å². The smallest absolute Gasteiger partial charge is 0.134 e. The third-order valence-electron chi connectivity index (χ3n) is 0.808. The van der Waals surface area contributed by atoms with E-state index in [1.165, 1.54) is 0 Å². The summed E-state index contributed by atoms with van der Waals surface area (Å²) in [5.41, 5.74) is 0. The van der Waals surface area contributed by atoms with E-state index in [9.17, 15) is 0 Å². The number of furan rings is 1. The Labute approximate surface area is 48.6 Å². The third-order valence-corrected chi connectivity index (χ3v) is 0.808. The Hall–Kier alpha value is -0.980. The molecule has 0 aliphatic heterocycles. The van der Waals surface area contributed by atoms with Crippen LogP contribution in [0.1, 0.15) is 12.7 Å². The number of rotatable bonds is 1. The van der Waals surface area contributed by atoms with Crippen LogP contribution in [0, 0.1) is 6.08 Å². The molecule has 1 nitrogen and oxygen atoms in total. The van der Waals surface area contributed by atoms with Gasteiger partial charge in [0.2, 0.25) is 0 Å². The number of hydrogen-bond acceptors (Lipinski definition) is 1. The van der Waals surface area contributed by atoms with Gasteiger partial charge in [-0.3, -0.25) is 0 Å². The van der Waals surface area contributed by atoms with Crippen LogP contribution in [-0.2, 0) is 0 Å². The zero-order valence-corrected chi connectivity index (χ0v) is 4.72. The maximum absolute atomic E-state index is 4.93. The Bertz CT molecular complexity index is 161. The van der Waals surface area contributed by atoms with Gasteiger partial charge < -0.3 is 4.42 Å². The molecule has 0 aliphatic carbocycles. The molecule has 41 valence electrons. The fourth-order valence-corrected chi connectivity index (χ4v) is 0.503. The highest BCUT2D eigenvalue weighted by molar-refractivity contribution is 5.07. The van der Waals surface area contributed by atoms with Crippen molar-refractivity contribution in [3.8, 4) is 0 Å². The van der Waals surface area contributed by atoms with Crippen LogP contribution in [0.3, 0.4) is 0 Å². The van der Waals surface area contributed by atoms with Crippen LogP contribution in [0.25, 0.3) is 0 Å². The Morgan fingerprint density at radius 3 is 3.12 bits per heavy atom. The average Bonchev–Trinajstić information content (AvgIpc) is 2.19. The van der Waals surface area contributed by atoms with Crippen LogP contribution in [0.5, 0.6) is 0 Å². The van der Waals surface area contributed by atoms with E-state index < -0.39 is 0 Å². The summed E-state index contributed by atoms with van der Waals surface area (Å²) in [4.78, 5) is 0. The fraction of sp³-hybridized carbons (Fsp3) is 0.143. The summed E-state index contributed by atoms with van der Waals surface area (Å²) < 4.78 is 4.93. The molecule has 1 aromatic rings. The number of hydrogen-bond donors (Lipinski definition) is 0. The molecule has 0 unspecified atom stereocenters. The molecular formula is C7H7O. The van der Waals surface area contributed by atoms with Crippen LogP contribution in [0.4, 0.5) is 0 Å². The van der Waals surface area contributed by atoms with Gasteiger partial charge in [0, 0.05) is 6.08 Å². The lowest BCUT2D eigenvalue weighted by atomic mass is 10.4. The molecule has 0 fully saturated rings. The molecule has 1 aromatic heterocycles. The standard InChI is InChI=1S/C7H7O/c1-2-4-7-5-3-6-8-7/h2-3,5-6H,1H3. The summed E-state index contributed by atoms with van der Waals surface area (Å²) in [6, 6.07) is 3.70. The summed E-state index contributed by atoms with van der Waals surface area (Å²) in [6.07, 6.45) is 6.34. The van der Waals surface area contributed by atoms with Gasteiger partial charge in [-0.1, -0.05) is 6.08 Å². The predicted molar refractivity (Wildman–Crippen MR) is 31.3 cm³/mol. The first-order chi connectivity index (χ1) is 3.93. The van der Waals surface area contributed by atoms with Crippen molar-refractivity contribution in [3.63, 3.8) is 0 Å². The Morgan fingerprint density at radius 1 is 1.75 bits per heavy atom. The van der Waals surface area contributed by atoms with Gasteiger partial charge in [-0.2, -0.15) is 0 Å². The van der Waals surface area contributed by atoms with Crippen LogP contribution in [0.15, 0.2) is 28.9 Å². The minimum atomic E-state index is 0.785. The molecule has 1 rings (SSSR count). The quantitative estimate of drug-likeness (QED) is 0.535. The van der Waals surface area contributed by atoms with Crippen molar-refractivity contribution in [2.24, 2.45) is 0 Å². The molecule has 0 bridgehead atoms. The van der Waals surface area contributed by atoms with Crippen LogP contribution in [-0.4, -0.2) is 0 Å².